The zero-order chi connectivity index (χ0) is 20.4. The van der Waals surface area contributed by atoms with Crippen molar-refractivity contribution >= 4 is 45.3 Å². The molecule has 7 heteroatoms. The first-order valence-corrected chi connectivity index (χ1v) is 9.94. The molecule has 6 nitrogen and oxygen atoms in total. The SMILES string of the molecule is N=NC(=N)c1ccc2c(c1)c1ccccc1n2Cc1ccc(/C(N)=C/SN)cc1. The van der Waals surface area contributed by atoms with Crippen LogP contribution in [-0.2, 0) is 6.54 Å². The lowest BCUT2D eigenvalue weighted by molar-refractivity contribution is 0.869. The van der Waals surface area contributed by atoms with Gasteiger partial charge in [0.2, 0.25) is 0 Å². The Bertz CT molecular complexity index is 1250. The minimum absolute atomic E-state index is 0.0411. The molecule has 0 saturated carbocycles. The molecule has 29 heavy (non-hydrogen) atoms. The number of benzene rings is 3. The van der Waals surface area contributed by atoms with Gasteiger partial charge in [-0.1, -0.05) is 54.4 Å². The first-order chi connectivity index (χ1) is 14.1. The van der Waals surface area contributed by atoms with Crippen LogP contribution >= 0.6 is 11.9 Å². The highest BCUT2D eigenvalue weighted by Gasteiger charge is 2.12. The summed E-state index contributed by atoms with van der Waals surface area (Å²) < 4.78 is 2.26. The Morgan fingerprint density at radius 2 is 1.66 bits per heavy atom. The highest BCUT2D eigenvalue weighted by atomic mass is 32.2. The van der Waals surface area contributed by atoms with E-state index in [-0.39, 0.29) is 5.84 Å². The van der Waals surface area contributed by atoms with Crippen molar-refractivity contribution in [1.82, 2.24) is 4.57 Å². The Hall–Kier alpha value is -3.42. The van der Waals surface area contributed by atoms with Crippen LogP contribution in [0.2, 0.25) is 0 Å². The van der Waals surface area contributed by atoms with Crippen LogP contribution in [0.4, 0.5) is 0 Å². The summed E-state index contributed by atoms with van der Waals surface area (Å²) in [5.41, 5.74) is 18.7. The van der Waals surface area contributed by atoms with Crippen molar-refractivity contribution in [1.29, 1.82) is 10.9 Å². The number of nitrogens with zero attached hydrogens (tertiary/aromatic N) is 2. The van der Waals surface area contributed by atoms with Crippen molar-refractivity contribution in [3.63, 3.8) is 0 Å². The second-order valence-corrected chi connectivity index (χ2v) is 7.21. The maximum atomic E-state index is 7.85. The Balaban J connectivity index is 1.79. The topological polar surface area (TPSA) is 117 Å². The van der Waals surface area contributed by atoms with Crippen LogP contribution in [0.15, 0.2) is 77.3 Å². The molecule has 0 saturated heterocycles. The molecule has 0 unspecified atom stereocenters. The molecule has 0 atom stereocenters. The number of amidine groups is 1. The van der Waals surface area contributed by atoms with E-state index in [9.17, 15) is 0 Å². The van der Waals surface area contributed by atoms with E-state index in [0.29, 0.717) is 17.8 Å². The Morgan fingerprint density at radius 1 is 0.966 bits per heavy atom. The number of para-hydroxylation sites is 1. The van der Waals surface area contributed by atoms with Gasteiger partial charge >= 0.3 is 0 Å². The maximum Gasteiger partial charge on any atom is 0.173 e. The van der Waals surface area contributed by atoms with Gasteiger partial charge in [0.05, 0.1) is 0 Å². The summed E-state index contributed by atoms with van der Waals surface area (Å²) in [6.07, 6.45) is 0. The molecule has 4 rings (SSSR count). The van der Waals surface area contributed by atoms with E-state index >= 15 is 0 Å². The predicted molar refractivity (Wildman–Crippen MR) is 121 cm³/mol. The summed E-state index contributed by atoms with van der Waals surface area (Å²) in [6.45, 7) is 0.708. The maximum absolute atomic E-state index is 7.85. The Labute approximate surface area is 172 Å². The smallest absolute Gasteiger partial charge is 0.173 e. The van der Waals surface area contributed by atoms with Crippen LogP contribution in [-0.4, -0.2) is 10.4 Å². The van der Waals surface area contributed by atoms with Crippen molar-refractivity contribution < 1.29 is 0 Å². The average Bonchev–Trinajstić information content (AvgIpc) is 3.07. The number of fused-ring (bicyclic) bond motifs is 3. The molecule has 0 spiro atoms. The van der Waals surface area contributed by atoms with Gasteiger partial charge in [-0.3, -0.25) is 10.5 Å². The molecule has 0 aliphatic rings. The summed E-state index contributed by atoms with van der Waals surface area (Å²) in [5.74, 6) is -0.0411. The van der Waals surface area contributed by atoms with E-state index in [4.69, 9.17) is 21.8 Å². The fourth-order valence-corrected chi connectivity index (χ4v) is 3.85. The first kappa shape index (κ1) is 18.9. The molecule has 1 heterocycles. The van der Waals surface area contributed by atoms with Gasteiger partial charge < -0.3 is 10.3 Å². The van der Waals surface area contributed by atoms with Crippen molar-refractivity contribution in [3.8, 4) is 0 Å². The number of hydrogen-bond acceptors (Lipinski definition) is 5. The first-order valence-electron chi connectivity index (χ1n) is 9.00. The van der Waals surface area contributed by atoms with E-state index in [1.54, 1.807) is 5.41 Å². The van der Waals surface area contributed by atoms with Crippen LogP contribution in [0.25, 0.3) is 27.5 Å². The van der Waals surface area contributed by atoms with Gasteiger partial charge in [-0.05, 0) is 35.4 Å². The van der Waals surface area contributed by atoms with Crippen molar-refractivity contribution in [2.24, 2.45) is 16.0 Å². The van der Waals surface area contributed by atoms with Gasteiger partial charge in [0, 0.05) is 45.0 Å². The molecule has 0 bridgehead atoms. The normalized spacial score (nSPS) is 11.8. The van der Waals surface area contributed by atoms with E-state index in [1.165, 1.54) is 0 Å². The summed E-state index contributed by atoms with van der Waals surface area (Å²) >= 11 is 1.10. The molecule has 4 aromatic rings. The summed E-state index contributed by atoms with van der Waals surface area (Å²) in [4.78, 5) is 0. The molecule has 3 aromatic carbocycles. The van der Waals surface area contributed by atoms with E-state index in [2.05, 4.69) is 33.9 Å². The minimum Gasteiger partial charge on any atom is -0.398 e. The zero-order valence-electron chi connectivity index (χ0n) is 15.6. The van der Waals surface area contributed by atoms with E-state index in [0.717, 1.165) is 44.9 Å². The molecule has 0 aliphatic heterocycles. The van der Waals surface area contributed by atoms with Gasteiger partial charge in [0.15, 0.2) is 5.84 Å². The fourth-order valence-electron chi connectivity index (χ4n) is 3.56. The molecule has 0 aliphatic carbocycles. The van der Waals surface area contributed by atoms with Crippen LogP contribution in [0.3, 0.4) is 0 Å². The molecule has 0 radical (unpaired) electrons. The van der Waals surface area contributed by atoms with Crippen LogP contribution < -0.4 is 10.9 Å². The van der Waals surface area contributed by atoms with Gasteiger partial charge in [-0.2, -0.15) is 0 Å². The highest BCUT2D eigenvalue weighted by molar-refractivity contribution is 8.00. The van der Waals surface area contributed by atoms with Crippen LogP contribution in [0.5, 0.6) is 0 Å². The predicted octanol–water partition coefficient (Wildman–Crippen LogP) is 5.06. The van der Waals surface area contributed by atoms with Crippen molar-refractivity contribution in [2.45, 2.75) is 6.54 Å². The standard InChI is InChI=1S/C22H20N6S/c23-19(13-29-26)15-7-5-14(6-8-15)12-28-20-4-2-1-3-17(20)18-11-16(22(24)27-25)9-10-21(18)28/h1-11,13,24-25H,12,23,26H2/b19-13-,24-22?,27-25?. The second-order valence-electron chi connectivity index (χ2n) is 6.70. The lowest BCUT2D eigenvalue weighted by Gasteiger charge is -2.09. The lowest BCUT2D eigenvalue weighted by Crippen LogP contribution is -2.01. The van der Waals surface area contributed by atoms with Crippen LogP contribution in [0.1, 0.15) is 16.7 Å². The minimum atomic E-state index is -0.0411. The zero-order valence-corrected chi connectivity index (χ0v) is 16.4. The molecule has 0 amide bonds. The number of nitrogens with two attached hydrogens (primary N) is 2. The number of rotatable bonds is 5. The third-order valence-corrected chi connectivity index (χ3v) is 5.37. The Kier molecular flexibility index (Phi) is 5.16. The molecular formula is C22H20N6S. The van der Waals surface area contributed by atoms with Gasteiger partial charge in [0.1, 0.15) is 0 Å². The van der Waals surface area contributed by atoms with E-state index < -0.39 is 0 Å². The lowest BCUT2D eigenvalue weighted by atomic mass is 10.1. The molecular weight excluding hydrogens is 380 g/mol. The van der Waals surface area contributed by atoms with Gasteiger partial charge in [0.25, 0.3) is 0 Å². The summed E-state index contributed by atoms with van der Waals surface area (Å²) in [7, 11) is 0. The van der Waals surface area contributed by atoms with Crippen molar-refractivity contribution in [3.05, 3.63) is 88.8 Å². The summed E-state index contributed by atoms with van der Waals surface area (Å²) in [5, 5.41) is 20.5. The van der Waals surface area contributed by atoms with Crippen LogP contribution in [0, 0.1) is 10.9 Å². The number of hydrogen-bond donors (Lipinski definition) is 4. The largest absolute Gasteiger partial charge is 0.398 e. The van der Waals surface area contributed by atoms with Crippen molar-refractivity contribution in [2.75, 3.05) is 0 Å². The van der Waals surface area contributed by atoms with Gasteiger partial charge in [-0.25, -0.2) is 5.53 Å². The number of aromatic nitrogens is 1. The number of nitrogens with one attached hydrogen (secondary N) is 2. The molecule has 1 aromatic heterocycles. The van der Waals surface area contributed by atoms with Gasteiger partial charge in [-0.15, -0.1) is 5.11 Å². The quantitative estimate of drug-likeness (QED) is 0.162. The molecule has 0 fully saturated rings. The second kappa shape index (κ2) is 7.90. The summed E-state index contributed by atoms with van der Waals surface area (Å²) in [6, 6.07) is 22.1. The van der Waals surface area contributed by atoms with E-state index in [1.807, 2.05) is 42.5 Å². The average molecular weight is 401 g/mol. The molecule has 144 valence electrons. The highest BCUT2D eigenvalue weighted by Crippen LogP contribution is 2.31. The Morgan fingerprint density at radius 3 is 2.38 bits per heavy atom. The third kappa shape index (κ3) is 3.53. The third-order valence-electron chi connectivity index (χ3n) is 4.98. The fraction of sp³-hybridized carbons (Fsp3) is 0.0455. The molecule has 6 N–H and O–H groups in total. The monoisotopic (exact) mass is 400 g/mol.